The minimum absolute atomic E-state index is 0.194. The molecule has 0 spiro atoms. The molecule has 1 aromatic heterocycles. The lowest BCUT2D eigenvalue weighted by molar-refractivity contribution is 0.402. The molecule has 2 rings (SSSR count). The molecule has 0 amide bonds. The second kappa shape index (κ2) is 5.05. The van der Waals surface area contributed by atoms with Crippen LogP contribution < -0.4 is 10.0 Å². The molecule has 0 aliphatic carbocycles. The largest absolute Gasteiger partial charge is 0.317 e. The van der Waals surface area contributed by atoms with Crippen LogP contribution in [0.3, 0.4) is 0 Å². The van der Waals surface area contributed by atoms with E-state index < -0.39 is 10.0 Å². The van der Waals surface area contributed by atoms with Gasteiger partial charge in [0.05, 0.1) is 11.9 Å². The molecule has 0 bridgehead atoms. The van der Waals surface area contributed by atoms with Gasteiger partial charge < -0.3 is 5.32 Å². The number of hydrogen-bond acceptors (Lipinski definition) is 4. The summed E-state index contributed by atoms with van der Waals surface area (Å²) in [6.07, 6.45) is 3.42. The molecular formula is C10H18N4O2S. The first-order valence-corrected chi connectivity index (χ1v) is 7.41. The molecule has 0 unspecified atom stereocenters. The molecule has 0 saturated carbocycles. The Morgan fingerprint density at radius 2 is 2.24 bits per heavy atom. The normalized spacial score (nSPS) is 18.2. The number of nitrogens with zero attached hydrogens (tertiary/aromatic N) is 2. The van der Waals surface area contributed by atoms with Crippen LogP contribution in [0.15, 0.2) is 12.3 Å². The molecule has 0 atom stereocenters. The second-order valence-electron chi connectivity index (χ2n) is 4.42. The van der Waals surface area contributed by atoms with Gasteiger partial charge in [-0.1, -0.05) is 0 Å². The summed E-state index contributed by atoms with van der Waals surface area (Å²) in [6, 6.07) is 1.65. The van der Waals surface area contributed by atoms with Crippen LogP contribution in [-0.2, 0) is 17.1 Å². The standard InChI is InChI=1S/C10H18N4O2S/c1-14-10(4-7-12-14)13-17(15,16)8-9-2-5-11-6-3-9/h4,7,9,11,13H,2-3,5-6,8H2,1H3. The van der Waals surface area contributed by atoms with Crippen molar-refractivity contribution in [1.82, 2.24) is 15.1 Å². The first-order valence-electron chi connectivity index (χ1n) is 5.76. The quantitative estimate of drug-likeness (QED) is 0.806. The molecule has 17 heavy (non-hydrogen) atoms. The molecule has 0 radical (unpaired) electrons. The molecule has 2 heterocycles. The van der Waals surface area contributed by atoms with E-state index in [0.29, 0.717) is 5.82 Å². The van der Waals surface area contributed by atoms with Gasteiger partial charge in [0.15, 0.2) is 0 Å². The van der Waals surface area contributed by atoms with E-state index in [4.69, 9.17) is 0 Å². The number of sulfonamides is 1. The summed E-state index contributed by atoms with van der Waals surface area (Å²) in [4.78, 5) is 0. The Morgan fingerprint density at radius 1 is 1.53 bits per heavy atom. The summed E-state index contributed by atoms with van der Waals surface area (Å²) in [6.45, 7) is 1.82. The molecule has 7 heteroatoms. The van der Waals surface area contributed by atoms with Crippen molar-refractivity contribution in [1.29, 1.82) is 0 Å². The Labute approximate surface area is 101 Å². The van der Waals surface area contributed by atoms with Gasteiger partial charge in [0, 0.05) is 13.1 Å². The van der Waals surface area contributed by atoms with Crippen molar-refractivity contribution in [2.24, 2.45) is 13.0 Å². The predicted molar refractivity (Wildman–Crippen MR) is 66.2 cm³/mol. The van der Waals surface area contributed by atoms with E-state index in [1.807, 2.05) is 0 Å². The van der Waals surface area contributed by atoms with Gasteiger partial charge in [-0.2, -0.15) is 5.10 Å². The fraction of sp³-hybridized carbons (Fsp3) is 0.700. The van der Waals surface area contributed by atoms with Crippen LogP contribution in [0.2, 0.25) is 0 Å². The van der Waals surface area contributed by atoms with Gasteiger partial charge in [-0.15, -0.1) is 0 Å². The van der Waals surface area contributed by atoms with Gasteiger partial charge in [0.25, 0.3) is 0 Å². The molecular weight excluding hydrogens is 240 g/mol. The highest BCUT2D eigenvalue weighted by Gasteiger charge is 2.21. The molecule has 1 aromatic rings. The number of rotatable bonds is 4. The fourth-order valence-electron chi connectivity index (χ4n) is 2.03. The maximum atomic E-state index is 11.9. The number of piperidine rings is 1. The van der Waals surface area contributed by atoms with E-state index in [1.165, 1.54) is 4.68 Å². The highest BCUT2D eigenvalue weighted by atomic mass is 32.2. The molecule has 96 valence electrons. The number of nitrogens with one attached hydrogen (secondary N) is 2. The minimum atomic E-state index is -3.27. The summed E-state index contributed by atoms with van der Waals surface area (Å²) in [5.74, 6) is 0.959. The second-order valence-corrected chi connectivity index (χ2v) is 6.18. The Morgan fingerprint density at radius 3 is 2.82 bits per heavy atom. The van der Waals surface area contributed by atoms with Crippen molar-refractivity contribution in [3.63, 3.8) is 0 Å². The number of hydrogen-bond donors (Lipinski definition) is 2. The average molecular weight is 258 g/mol. The predicted octanol–water partition coefficient (Wildman–Crippen LogP) is 0.161. The zero-order chi connectivity index (χ0) is 12.3. The molecule has 1 fully saturated rings. The molecule has 1 saturated heterocycles. The summed E-state index contributed by atoms with van der Waals surface area (Å²) < 4.78 is 28.0. The third-order valence-electron chi connectivity index (χ3n) is 2.99. The Kier molecular flexibility index (Phi) is 3.68. The van der Waals surface area contributed by atoms with E-state index in [0.717, 1.165) is 25.9 Å². The zero-order valence-corrected chi connectivity index (χ0v) is 10.7. The maximum absolute atomic E-state index is 11.9. The summed E-state index contributed by atoms with van der Waals surface area (Å²) in [7, 11) is -1.55. The average Bonchev–Trinajstić information content (AvgIpc) is 2.64. The smallest absolute Gasteiger partial charge is 0.234 e. The molecule has 2 N–H and O–H groups in total. The third kappa shape index (κ3) is 3.44. The molecule has 1 aliphatic heterocycles. The Balaban J connectivity index is 1.97. The monoisotopic (exact) mass is 258 g/mol. The van der Waals surface area contributed by atoms with Crippen molar-refractivity contribution in [2.75, 3.05) is 23.6 Å². The lowest BCUT2D eigenvalue weighted by Crippen LogP contribution is -2.33. The highest BCUT2D eigenvalue weighted by molar-refractivity contribution is 7.92. The van der Waals surface area contributed by atoms with Crippen LogP contribution in [0.5, 0.6) is 0 Å². The Hall–Kier alpha value is -1.08. The minimum Gasteiger partial charge on any atom is -0.317 e. The van der Waals surface area contributed by atoms with Crippen LogP contribution in [-0.4, -0.2) is 37.0 Å². The molecule has 0 aromatic carbocycles. The molecule has 1 aliphatic rings. The topological polar surface area (TPSA) is 76.0 Å². The van der Waals surface area contributed by atoms with E-state index in [-0.39, 0.29) is 11.7 Å². The fourth-order valence-corrected chi connectivity index (χ4v) is 3.59. The summed E-state index contributed by atoms with van der Waals surface area (Å²) >= 11 is 0. The number of aromatic nitrogens is 2. The first-order chi connectivity index (χ1) is 8.07. The SMILES string of the molecule is Cn1nccc1NS(=O)(=O)CC1CCNCC1. The van der Waals surface area contributed by atoms with E-state index in [9.17, 15) is 8.42 Å². The van der Waals surface area contributed by atoms with Crippen molar-refractivity contribution >= 4 is 15.8 Å². The van der Waals surface area contributed by atoms with Crippen molar-refractivity contribution in [3.8, 4) is 0 Å². The van der Waals surface area contributed by atoms with Gasteiger partial charge >= 0.3 is 0 Å². The molecule has 6 nitrogen and oxygen atoms in total. The Bertz CT molecular complexity index is 462. The van der Waals surface area contributed by atoms with Crippen LogP contribution in [0, 0.1) is 5.92 Å². The highest BCUT2D eigenvalue weighted by Crippen LogP contribution is 2.16. The third-order valence-corrected chi connectivity index (χ3v) is 4.43. The van der Waals surface area contributed by atoms with E-state index >= 15 is 0 Å². The van der Waals surface area contributed by atoms with Gasteiger partial charge in [-0.05, 0) is 31.8 Å². The maximum Gasteiger partial charge on any atom is 0.234 e. The number of anilines is 1. The van der Waals surface area contributed by atoms with Crippen molar-refractivity contribution < 1.29 is 8.42 Å². The van der Waals surface area contributed by atoms with E-state index in [2.05, 4.69) is 15.1 Å². The lowest BCUT2D eigenvalue weighted by Gasteiger charge is -2.22. The first kappa shape index (κ1) is 12.4. The van der Waals surface area contributed by atoms with Crippen LogP contribution >= 0.6 is 0 Å². The van der Waals surface area contributed by atoms with Gasteiger partial charge in [-0.25, -0.2) is 8.42 Å². The van der Waals surface area contributed by atoms with E-state index in [1.54, 1.807) is 19.3 Å². The van der Waals surface area contributed by atoms with Crippen LogP contribution in [0.4, 0.5) is 5.82 Å². The van der Waals surface area contributed by atoms with Crippen molar-refractivity contribution in [3.05, 3.63) is 12.3 Å². The van der Waals surface area contributed by atoms with Gasteiger partial charge in [0.1, 0.15) is 5.82 Å². The van der Waals surface area contributed by atoms with Gasteiger partial charge in [-0.3, -0.25) is 9.40 Å². The summed E-state index contributed by atoms with van der Waals surface area (Å²) in [5, 5.41) is 7.15. The lowest BCUT2D eigenvalue weighted by atomic mass is 10.0. The van der Waals surface area contributed by atoms with Gasteiger partial charge in [0.2, 0.25) is 10.0 Å². The van der Waals surface area contributed by atoms with Crippen LogP contribution in [0.1, 0.15) is 12.8 Å². The zero-order valence-electron chi connectivity index (χ0n) is 9.89. The summed E-state index contributed by atoms with van der Waals surface area (Å²) in [5.41, 5.74) is 0. The number of aryl methyl sites for hydroxylation is 1. The van der Waals surface area contributed by atoms with Crippen molar-refractivity contribution in [2.45, 2.75) is 12.8 Å². The van der Waals surface area contributed by atoms with Crippen LogP contribution in [0.25, 0.3) is 0 Å².